The highest BCUT2D eigenvalue weighted by atomic mass is 32.2. The molecule has 0 heterocycles. The highest BCUT2D eigenvalue weighted by molar-refractivity contribution is 7.89. The fraction of sp³-hybridized carbons (Fsp3) is 0.261. The number of ether oxygens (including phenoxy) is 2. The molecule has 0 aliphatic rings. The van der Waals surface area contributed by atoms with Crippen LogP contribution in [0.3, 0.4) is 0 Å². The number of rotatable bonds is 10. The molecule has 0 aromatic heterocycles. The normalized spacial score (nSPS) is 11.4. The number of amides is 1. The summed E-state index contributed by atoms with van der Waals surface area (Å²) >= 11 is 0. The van der Waals surface area contributed by atoms with Crippen molar-refractivity contribution in [3.63, 3.8) is 0 Å². The highest BCUT2D eigenvalue weighted by Crippen LogP contribution is 2.26. The molecule has 0 saturated carbocycles. The average molecular weight is 443 g/mol. The molecule has 0 bridgehead atoms. The molecule has 8 heteroatoms. The molecule has 3 aromatic rings. The molecule has 2 N–H and O–H groups in total. The molecule has 0 unspecified atom stereocenters. The van der Waals surface area contributed by atoms with Gasteiger partial charge in [0, 0.05) is 20.1 Å². The Balaban J connectivity index is 1.58. The second-order valence-electron chi connectivity index (χ2n) is 7.05. The van der Waals surface area contributed by atoms with Gasteiger partial charge in [-0.15, -0.1) is 0 Å². The maximum atomic E-state index is 12.6. The molecule has 0 aliphatic carbocycles. The van der Waals surface area contributed by atoms with E-state index in [1.165, 1.54) is 0 Å². The molecule has 3 rings (SSSR count). The molecule has 164 valence electrons. The number of carbonyl (C=O) groups is 1. The Morgan fingerprint density at radius 1 is 0.968 bits per heavy atom. The fourth-order valence-electron chi connectivity index (χ4n) is 3.02. The van der Waals surface area contributed by atoms with Crippen LogP contribution in [-0.2, 0) is 19.6 Å². The standard InChI is InChI=1S/C23H26N2O5S/c1-17-7-10-21(22(15-17)30-14-13-29-2)25-23(26)11-12-24-31(27,28)20-9-8-18-5-3-4-6-19(18)16-20/h3-10,15-16,24H,11-14H2,1-2H3,(H,25,26). The summed E-state index contributed by atoms with van der Waals surface area (Å²) in [6.45, 7) is 2.69. The van der Waals surface area contributed by atoms with E-state index in [1.54, 1.807) is 31.4 Å². The monoisotopic (exact) mass is 442 g/mol. The summed E-state index contributed by atoms with van der Waals surface area (Å²) in [5.74, 6) is 0.226. The molecule has 0 radical (unpaired) electrons. The van der Waals surface area contributed by atoms with Crippen LogP contribution >= 0.6 is 0 Å². The van der Waals surface area contributed by atoms with Gasteiger partial charge in [0.15, 0.2) is 0 Å². The van der Waals surface area contributed by atoms with Crippen LogP contribution in [0.5, 0.6) is 5.75 Å². The summed E-state index contributed by atoms with van der Waals surface area (Å²) in [4.78, 5) is 12.5. The van der Waals surface area contributed by atoms with E-state index in [0.29, 0.717) is 24.7 Å². The van der Waals surface area contributed by atoms with Crippen LogP contribution in [0.2, 0.25) is 0 Å². The Kier molecular flexibility index (Phi) is 7.62. The molecule has 31 heavy (non-hydrogen) atoms. The Bertz CT molecular complexity index is 1160. The molecule has 0 aliphatic heterocycles. The van der Waals surface area contributed by atoms with Crippen LogP contribution in [-0.4, -0.2) is 41.2 Å². The van der Waals surface area contributed by atoms with Gasteiger partial charge in [-0.3, -0.25) is 4.79 Å². The lowest BCUT2D eigenvalue weighted by molar-refractivity contribution is -0.116. The number of hydrogen-bond acceptors (Lipinski definition) is 5. The number of hydrogen-bond donors (Lipinski definition) is 2. The first-order valence-corrected chi connectivity index (χ1v) is 11.4. The highest BCUT2D eigenvalue weighted by Gasteiger charge is 2.15. The molecule has 7 nitrogen and oxygen atoms in total. The summed E-state index contributed by atoms with van der Waals surface area (Å²) < 4.78 is 38.3. The van der Waals surface area contributed by atoms with Crippen LogP contribution in [0.1, 0.15) is 12.0 Å². The molecular formula is C23H26N2O5S. The van der Waals surface area contributed by atoms with Crippen molar-refractivity contribution < 1.29 is 22.7 Å². The van der Waals surface area contributed by atoms with Gasteiger partial charge in [0.25, 0.3) is 0 Å². The van der Waals surface area contributed by atoms with Crippen molar-refractivity contribution in [3.8, 4) is 5.75 Å². The molecule has 0 fully saturated rings. The van der Waals surface area contributed by atoms with Gasteiger partial charge in [-0.2, -0.15) is 0 Å². The lowest BCUT2D eigenvalue weighted by atomic mass is 10.1. The van der Waals surface area contributed by atoms with Crippen LogP contribution in [0, 0.1) is 6.92 Å². The van der Waals surface area contributed by atoms with E-state index in [1.807, 2.05) is 43.3 Å². The third-order valence-corrected chi connectivity index (χ3v) is 6.09. The number of nitrogens with one attached hydrogen (secondary N) is 2. The number of anilines is 1. The summed E-state index contributed by atoms with van der Waals surface area (Å²) in [5, 5.41) is 4.57. The first-order valence-electron chi connectivity index (χ1n) is 9.90. The number of benzene rings is 3. The predicted octanol–water partition coefficient (Wildman–Crippen LogP) is 3.48. The molecule has 3 aromatic carbocycles. The Hall–Kier alpha value is -2.94. The van der Waals surface area contributed by atoms with Gasteiger partial charge in [0.2, 0.25) is 15.9 Å². The van der Waals surface area contributed by atoms with E-state index >= 15 is 0 Å². The van der Waals surface area contributed by atoms with Crippen LogP contribution in [0.4, 0.5) is 5.69 Å². The van der Waals surface area contributed by atoms with Crippen molar-refractivity contribution in [1.82, 2.24) is 4.72 Å². The summed E-state index contributed by atoms with van der Waals surface area (Å²) in [5.41, 5.74) is 1.53. The predicted molar refractivity (Wildman–Crippen MR) is 121 cm³/mol. The zero-order valence-corrected chi connectivity index (χ0v) is 18.4. The van der Waals surface area contributed by atoms with Crippen LogP contribution in [0.15, 0.2) is 65.6 Å². The van der Waals surface area contributed by atoms with Crippen LogP contribution < -0.4 is 14.8 Å². The van der Waals surface area contributed by atoms with Gasteiger partial charge < -0.3 is 14.8 Å². The largest absolute Gasteiger partial charge is 0.489 e. The molecular weight excluding hydrogens is 416 g/mol. The second kappa shape index (κ2) is 10.4. The van der Waals surface area contributed by atoms with E-state index in [-0.39, 0.29) is 23.8 Å². The Morgan fingerprint density at radius 3 is 2.52 bits per heavy atom. The topological polar surface area (TPSA) is 93.7 Å². The van der Waals surface area contributed by atoms with Crippen molar-refractivity contribution in [1.29, 1.82) is 0 Å². The first kappa shape index (κ1) is 22.7. The molecule has 0 saturated heterocycles. The van der Waals surface area contributed by atoms with E-state index < -0.39 is 10.0 Å². The number of methoxy groups -OCH3 is 1. The Labute approximate surface area is 182 Å². The maximum absolute atomic E-state index is 12.6. The maximum Gasteiger partial charge on any atom is 0.240 e. The van der Waals surface area contributed by atoms with Gasteiger partial charge in [-0.25, -0.2) is 13.1 Å². The van der Waals surface area contributed by atoms with Gasteiger partial charge in [-0.05, 0) is 47.5 Å². The summed E-state index contributed by atoms with van der Waals surface area (Å²) in [7, 11) is -2.13. The van der Waals surface area contributed by atoms with E-state index in [9.17, 15) is 13.2 Å². The second-order valence-corrected chi connectivity index (χ2v) is 8.81. The van der Waals surface area contributed by atoms with Gasteiger partial charge in [0.05, 0.1) is 17.2 Å². The smallest absolute Gasteiger partial charge is 0.240 e. The minimum Gasteiger partial charge on any atom is -0.489 e. The van der Waals surface area contributed by atoms with Crippen molar-refractivity contribution >= 4 is 32.4 Å². The molecule has 0 spiro atoms. The first-order chi connectivity index (χ1) is 14.9. The third-order valence-electron chi connectivity index (χ3n) is 4.63. The minimum atomic E-state index is -3.72. The minimum absolute atomic E-state index is 0.0157. The van der Waals surface area contributed by atoms with Gasteiger partial charge in [-0.1, -0.05) is 36.4 Å². The number of sulfonamides is 1. The quantitative estimate of drug-likeness (QED) is 0.469. The van der Waals surface area contributed by atoms with Crippen molar-refractivity contribution in [2.75, 3.05) is 32.2 Å². The van der Waals surface area contributed by atoms with Gasteiger partial charge >= 0.3 is 0 Å². The van der Waals surface area contributed by atoms with Crippen LogP contribution in [0.25, 0.3) is 10.8 Å². The number of fused-ring (bicyclic) bond motifs is 1. The summed E-state index contributed by atoms with van der Waals surface area (Å²) in [6, 6.07) is 17.9. The SMILES string of the molecule is COCCOc1cc(C)ccc1NC(=O)CCNS(=O)(=O)c1ccc2ccccc2c1. The third kappa shape index (κ3) is 6.27. The molecule has 1 amide bonds. The Morgan fingerprint density at radius 2 is 1.74 bits per heavy atom. The fourth-order valence-corrected chi connectivity index (χ4v) is 4.08. The van der Waals surface area contributed by atoms with E-state index in [4.69, 9.17) is 9.47 Å². The lowest BCUT2D eigenvalue weighted by Crippen LogP contribution is -2.28. The van der Waals surface area contributed by atoms with Crippen molar-refractivity contribution in [3.05, 3.63) is 66.2 Å². The lowest BCUT2D eigenvalue weighted by Gasteiger charge is -2.13. The van der Waals surface area contributed by atoms with E-state index in [0.717, 1.165) is 16.3 Å². The zero-order valence-electron chi connectivity index (χ0n) is 17.6. The molecule has 0 atom stereocenters. The van der Waals surface area contributed by atoms with Gasteiger partial charge in [0.1, 0.15) is 12.4 Å². The van der Waals surface area contributed by atoms with Crippen molar-refractivity contribution in [2.24, 2.45) is 0 Å². The number of aryl methyl sites for hydroxylation is 1. The van der Waals surface area contributed by atoms with E-state index in [2.05, 4.69) is 10.0 Å². The average Bonchev–Trinajstić information content (AvgIpc) is 2.75. The van der Waals surface area contributed by atoms with Crippen molar-refractivity contribution in [2.45, 2.75) is 18.2 Å². The summed E-state index contributed by atoms with van der Waals surface area (Å²) in [6.07, 6.45) is -0.0157. The number of carbonyl (C=O) groups excluding carboxylic acids is 1. The zero-order chi connectivity index (χ0) is 22.3.